The number of nitrogen functional groups attached to an aromatic ring is 1. The van der Waals surface area contributed by atoms with Crippen molar-refractivity contribution in [2.45, 2.75) is 6.92 Å². The smallest absolute Gasteiger partial charge is 0.360 e. The molecule has 0 unspecified atom stereocenters. The third-order valence-electron chi connectivity index (χ3n) is 2.55. The second kappa shape index (κ2) is 4.81. The quantitative estimate of drug-likeness (QED) is 0.864. The van der Waals surface area contributed by atoms with Crippen LogP contribution < -0.4 is 5.73 Å². The lowest BCUT2D eigenvalue weighted by Crippen LogP contribution is -2.07. The van der Waals surface area contributed by atoms with Crippen LogP contribution in [0.5, 0.6) is 0 Å². The summed E-state index contributed by atoms with van der Waals surface area (Å²) in [6.45, 7) is 1.99. The van der Waals surface area contributed by atoms with Gasteiger partial charge in [-0.25, -0.2) is 9.78 Å². The van der Waals surface area contributed by atoms with Gasteiger partial charge in [-0.05, 0) is 40.5 Å². The fourth-order valence-electron chi connectivity index (χ4n) is 1.61. The Kier molecular flexibility index (Phi) is 3.38. The Morgan fingerprint density at radius 2 is 2.22 bits per heavy atom. The zero-order valence-electron chi connectivity index (χ0n) is 9.98. The summed E-state index contributed by atoms with van der Waals surface area (Å²) in [5.41, 5.74) is 7.96. The molecule has 1 heterocycles. The van der Waals surface area contributed by atoms with Gasteiger partial charge in [-0.1, -0.05) is 6.07 Å². The van der Waals surface area contributed by atoms with Crippen molar-refractivity contribution in [1.29, 1.82) is 0 Å². The van der Waals surface area contributed by atoms with E-state index in [1.165, 1.54) is 13.4 Å². The highest BCUT2D eigenvalue weighted by Gasteiger charge is 2.17. The molecule has 2 aromatic rings. The van der Waals surface area contributed by atoms with Gasteiger partial charge in [0.15, 0.2) is 5.69 Å². The van der Waals surface area contributed by atoms with E-state index in [-0.39, 0.29) is 11.5 Å². The number of imidazole rings is 1. The maximum atomic E-state index is 11.4. The molecule has 0 saturated heterocycles. The Morgan fingerprint density at radius 3 is 2.83 bits per heavy atom. The predicted octanol–water partition coefficient (Wildman–Crippen LogP) is 2.31. The highest BCUT2D eigenvalue weighted by Crippen LogP contribution is 2.25. The lowest BCUT2D eigenvalue weighted by molar-refractivity contribution is 0.0596. The van der Waals surface area contributed by atoms with Crippen molar-refractivity contribution < 1.29 is 9.53 Å². The highest BCUT2D eigenvalue weighted by molar-refractivity contribution is 9.10. The number of carbonyl (C=O) groups is 1. The topological polar surface area (TPSA) is 70.1 Å². The molecule has 0 aliphatic rings. The molecule has 0 spiro atoms. The zero-order chi connectivity index (χ0) is 13.3. The molecule has 0 saturated carbocycles. The van der Waals surface area contributed by atoms with Crippen LogP contribution in [0.4, 0.5) is 5.82 Å². The standard InChI is InChI=1S/C12H12BrN3O2/c1-7-3-4-9(8(13)5-7)16-6-15-10(11(16)14)12(17)18-2/h3-6H,14H2,1-2H3. The maximum absolute atomic E-state index is 11.4. The number of benzene rings is 1. The van der Waals surface area contributed by atoms with Gasteiger partial charge < -0.3 is 10.5 Å². The first-order valence-corrected chi connectivity index (χ1v) is 6.01. The number of methoxy groups -OCH3 is 1. The fraction of sp³-hybridized carbons (Fsp3) is 0.167. The number of hydrogen-bond donors (Lipinski definition) is 1. The van der Waals surface area contributed by atoms with E-state index in [1.54, 1.807) is 4.57 Å². The lowest BCUT2D eigenvalue weighted by atomic mass is 10.2. The molecule has 0 fully saturated rings. The van der Waals surface area contributed by atoms with Gasteiger partial charge in [0.1, 0.15) is 12.1 Å². The molecule has 1 aromatic carbocycles. The molecular formula is C12H12BrN3O2. The van der Waals surface area contributed by atoms with Crippen molar-refractivity contribution in [3.63, 3.8) is 0 Å². The summed E-state index contributed by atoms with van der Waals surface area (Å²) in [5, 5.41) is 0. The molecular weight excluding hydrogens is 298 g/mol. The molecule has 5 nitrogen and oxygen atoms in total. The van der Waals surface area contributed by atoms with Crippen LogP contribution in [0.2, 0.25) is 0 Å². The summed E-state index contributed by atoms with van der Waals surface area (Å²) >= 11 is 3.46. The molecule has 94 valence electrons. The van der Waals surface area contributed by atoms with Crippen molar-refractivity contribution in [2.24, 2.45) is 0 Å². The number of nitrogens with two attached hydrogens (primary N) is 1. The van der Waals surface area contributed by atoms with Gasteiger partial charge in [-0.2, -0.15) is 0 Å². The van der Waals surface area contributed by atoms with E-state index in [4.69, 9.17) is 5.73 Å². The minimum atomic E-state index is -0.547. The van der Waals surface area contributed by atoms with Gasteiger partial charge in [0.05, 0.1) is 12.8 Å². The second-order valence-electron chi connectivity index (χ2n) is 3.79. The van der Waals surface area contributed by atoms with Crippen molar-refractivity contribution in [3.05, 3.63) is 40.3 Å². The Labute approximate surface area is 113 Å². The highest BCUT2D eigenvalue weighted by atomic mass is 79.9. The number of halogens is 1. The van der Waals surface area contributed by atoms with Crippen LogP contribution in [0.1, 0.15) is 16.1 Å². The number of nitrogens with zero attached hydrogens (tertiary/aromatic N) is 2. The molecule has 6 heteroatoms. The van der Waals surface area contributed by atoms with Crippen molar-refractivity contribution in [1.82, 2.24) is 9.55 Å². The molecule has 0 bridgehead atoms. The Balaban J connectivity index is 2.52. The van der Waals surface area contributed by atoms with Crippen molar-refractivity contribution >= 4 is 27.7 Å². The second-order valence-corrected chi connectivity index (χ2v) is 4.65. The van der Waals surface area contributed by atoms with Crippen molar-refractivity contribution in [3.8, 4) is 5.69 Å². The number of carbonyl (C=O) groups excluding carboxylic acids is 1. The molecule has 0 amide bonds. The Morgan fingerprint density at radius 1 is 1.50 bits per heavy atom. The van der Waals surface area contributed by atoms with E-state index in [0.717, 1.165) is 15.7 Å². The minimum absolute atomic E-state index is 0.116. The molecule has 0 atom stereocenters. The molecule has 1 aromatic heterocycles. The third-order valence-corrected chi connectivity index (χ3v) is 3.18. The van der Waals surface area contributed by atoms with E-state index in [0.29, 0.717) is 0 Å². The number of hydrogen-bond acceptors (Lipinski definition) is 4. The van der Waals surface area contributed by atoms with E-state index >= 15 is 0 Å². The summed E-state index contributed by atoms with van der Waals surface area (Å²) in [4.78, 5) is 15.4. The molecule has 0 aliphatic carbocycles. The van der Waals surface area contributed by atoms with Crippen LogP contribution in [-0.2, 0) is 4.74 Å². The molecule has 2 rings (SSSR count). The summed E-state index contributed by atoms with van der Waals surface area (Å²) < 4.78 is 7.12. The Bertz CT molecular complexity index is 607. The van der Waals surface area contributed by atoms with Crippen LogP contribution in [0.15, 0.2) is 29.0 Å². The largest absolute Gasteiger partial charge is 0.464 e. The zero-order valence-corrected chi connectivity index (χ0v) is 11.6. The van der Waals surface area contributed by atoms with E-state index in [2.05, 4.69) is 25.7 Å². The third kappa shape index (κ3) is 2.11. The van der Waals surface area contributed by atoms with E-state index < -0.39 is 5.97 Å². The molecule has 18 heavy (non-hydrogen) atoms. The first-order chi connectivity index (χ1) is 8.54. The molecule has 2 N–H and O–H groups in total. The van der Waals surface area contributed by atoms with Gasteiger partial charge in [0.2, 0.25) is 0 Å². The first-order valence-electron chi connectivity index (χ1n) is 5.22. The number of ether oxygens (including phenoxy) is 1. The van der Waals surface area contributed by atoms with E-state index in [1.807, 2.05) is 25.1 Å². The van der Waals surface area contributed by atoms with Gasteiger partial charge in [-0.15, -0.1) is 0 Å². The van der Waals surface area contributed by atoms with Gasteiger partial charge >= 0.3 is 5.97 Å². The van der Waals surface area contributed by atoms with Crippen LogP contribution >= 0.6 is 15.9 Å². The van der Waals surface area contributed by atoms with Gasteiger partial charge in [0, 0.05) is 4.47 Å². The SMILES string of the molecule is COC(=O)c1ncn(-c2ccc(C)cc2Br)c1N. The maximum Gasteiger partial charge on any atom is 0.360 e. The number of esters is 1. The van der Waals surface area contributed by atoms with Crippen molar-refractivity contribution in [2.75, 3.05) is 12.8 Å². The summed E-state index contributed by atoms with van der Waals surface area (Å²) in [6.07, 6.45) is 1.50. The van der Waals surface area contributed by atoms with Gasteiger partial charge in [0.25, 0.3) is 0 Å². The number of rotatable bonds is 2. The normalized spacial score (nSPS) is 10.4. The van der Waals surface area contributed by atoms with Gasteiger partial charge in [-0.3, -0.25) is 4.57 Å². The van der Waals surface area contributed by atoms with E-state index in [9.17, 15) is 4.79 Å². The number of aromatic nitrogens is 2. The van der Waals surface area contributed by atoms with Crippen LogP contribution in [0, 0.1) is 6.92 Å². The first kappa shape index (κ1) is 12.6. The molecule has 0 radical (unpaired) electrons. The number of aryl methyl sites for hydroxylation is 1. The van der Waals surface area contributed by atoms with Crippen LogP contribution in [0.3, 0.4) is 0 Å². The average Bonchev–Trinajstić information content (AvgIpc) is 2.70. The average molecular weight is 310 g/mol. The van der Waals surface area contributed by atoms with Crippen LogP contribution in [-0.4, -0.2) is 22.6 Å². The summed E-state index contributed by atoms with van der Waals surface area (Å²) in [7, 11) is 1.29. The monoisotopic (exact) mass is 309 g/mol. The number of anilines is 1. The summed E-state index contributed by atoms with van der Waals surface area (Å²) in [6, 6.07) is 5.82. The predicted molar refractivity (Wildman–Crippen MR) is 71.8 cm³/mol. The lowest BCUT2D eigenvalue weighted by Gasteiger charge is -2.08. The Hall–Kier alpha value is -1.82. The summed E-state index contributed by atoms with van der Waals surface area (Å²) in [5.74, 6) is -0.291. The fourth-order valence-corrected chi connectivity index (χ4v) is 2.30. The molecule has 0 aliphatic heterocycles. The van der Waals surface area contributed by atoms with Crippen LogP contribution in [0.25, 0.3) is 5.69 Å². The minimum Gasteiger partial charge on any atom is -0.464 e.